The van der Waals surface area contributed by atoms with Gasteiger partial charge in [0.15, 0.2) is 6.26 Å². The van der Waals surface area contributed by atoms with Crippen LogP contribution in [-0.4, -0.2) is 5.71 Å². The number of allylic oxidation sites excluding steroid dienone is 1. The number of aliphatic imine (C=N–C) groups is 1. The molecule has 2 rings (SSSR count). The summed E-state index contributed by atoms with van der Waals surface area (Å²) in [5, 5.41) is 10.7. The molecule has 2 nitrogen and oxygen atoms in total. The van der Waals surface area contributed by atoms with Crippen molar-refractivity contribution in [3.63, 3.8) is 0 Å². The molecule has 1 aliphatic heterocycles. The predicted octanol–water partition coefficient (Wildman–Crippen LogP) is 2.70. The molecule has 13 heavy (non-hydrogen) atoms. The first kappa shape index (κ1) is 7.98. The molecule has 0 aromatic heterocycles. The quantitative estimate of drug-likeness (QED) is 0.544. The SMILES string of the molecule is CC1=Nc2ccc(F)cc2C1=C[O]. The van der Waals surface area contributed by atoms with Gasteiger partial charge in [-0.25, -0.2) is 4.39 Å². The van der Waals surface area contributed by atoms with E-state index >= 15 is 0 Å². The molecule has 1 radical (unpaired) electrons. The van der Waals surface area contributed by atoms with E-state index in [9.17, 15) is 9.50 Å². The molecule has 65 valence electrons. The van der Waals surface area contributed by atoms with Crippen molar-refractivity contribution in [2.75, 3.05) is 0 Å². The second-order valence-corrected chi connectivity index (χ2v) is 2.89. The van der Waals surface area contributed by atoms with Crippen molar-refractivity contribution in [1.29, 1.82) is 0 Å². The number of hydrogen-bond donors (Lipinski definition) is 0. The molecule has 3 heteroatoms. The van der Waals surface area contributed by atoms with Crippen LogP contribution >= 0.6 is 0 Å². The van der Waals surface area contributed by atoms with Crippen LogP contribution in [0.3, 0.4) is 0 Å². The Labute approximate surface area is 75.1 Å². The maximum absolute atomic E-state index is 12.8. The lowest BCUT2D eigenvalue weighted by Crippen LogP contribution is -1.89. The zero-order chi connectivity index (χ0) is 9.42. The lowest BCUT2D eigenvalue weighted by molar-refractivity contribution is 0.354. The molecule has 0 bridgehead atoms. The minimum absolute atomic E-state index is 0.344. The first-order valence-corrected chi connectivity index (χ1v) is 3.90. The standard InChI is InChI=1S/C10H7FNO/c1-6-9(5-13)8-4-7(11)2-3-10(8)12-6/h2-5H,1H3. The fourth-order valence-electron chi connectivity index (χ4n) is 1.41. The van der Waals surface area contributed by atoms with E-state index in [1.807, 2.05) is 0 Å². The van der Waals surface area contributed by atoms with E-state index in [0.29, 0.717) is 28.8 Å². The molecule has 0 fully saturated rings. The van der Waals surface area contributed by atoms with Crippen LogP contribution in [-0.2, 0) is 5.11 Å². The minimum atomic E-state index is -0.344. The Kier molecular flexibility index (Phi) is 1.65. The number of fused-ring (bicyclic) bond motifs is 1. The number of benzene rings is 1. The van der Waals surface area contributed by atoms with E-state index in [1.165, 1.54) is 12.1 Å². The molecule has 0 atom stereocenters. The summed E-state index contributed by atoms with van der Waals surface area (Å²) in [5.41, 5.74) is 2.39. The molecule has 0 N–H and O–H groups in total. The highest BCUT2D eigenvalue weighted by Gasteiger charge is 2.18. The van der Waals surface area contributed by atoms with Crippen molar-refractivity contribution in [3.05, 3.63) is 35.8 Å². The molecule has 0 aliphatic carbocycles. The summed E-state index contributed by atoms with van der Waals surface area (Å²) < 4.78 is 12.8. The van der Waals surface area contributed by atoms with Crippen LogP contribution in [0.2, 0.25) is 0 Å². The minimum Gasteiger partial charge on any atom is -0.298 e. The highest BCUT2D eigenvalue weighted by Crippen LogP contribution is 2.34. The predicted molar refractivity (Wildman–Crippen MR) is 47.8 cm³/mol. The van der Waals surface area contributed by atoms with Gasteiger partial charge in [0.25, 0.3) is 0 Å². The second-order valence-electron chi connectivity index (χ2n) is 2.89. The van der Waals surface area contributed by atoms with Gasteiger partial charge in [-0.1, -0.05) is 0 Å². The van der Waals surface area contributed by atoms with Crippen LogP contribution in [0.25, 0.3) is 5.57 Å². The van der Waals surface area contributed by atoms with E-state index in [1.54, 1.807) is 13.0 Å². The van der Waals surface area contributed by atoms with Gasteiger partial charge < -0.3 is 0 Å². The largest absolute Gasteiger partial charge is 0.298 e. The van der Waals surface area contributed by atoms with E-state index in [2.05, 4.69) is 4.99 Å². The van der Waals surface area contributed by atoms with Crippen molar-refractivity contribution in [1.82, 2.24) is 0 Å². The van der Waals surface area contributed by atoms with Gasteiger partial charge in [-0.3, -0.25) is 10.1 Å². The topological polar surface area (TPSA) is 32.3 Å². The Morgan fingerprint density at radius 2 is 2.23 bits per heavy atom. The Balaban J connectivity index is 2.65. The Morgan fingerprint density at radius 3 is 2.92 bits per heavy atom. The molecular formula is C10H7FNO. The van der Waals surface area contributed by atoms with E-state index in [0.717, 1.165) is 0 Å². The van der Waals surface area contributed by atoms with Gasteiger partial charge >= 0.3 is 0 Å². The Morgan fingerprint density at radius 1 is 1.46 bits per heavy atom. The molecular weight excluding hydrogens is 169 g/mol. The molecule has 1 aromatic rings. The molecule has 1 heterocycles. The van der Waals surface area contributed by atoms with Gasteiger partial charge in [-0.15, -0.1) is 0 Å². The molecule has 1 aliphatic rings. The van der Waals surface area contributed by atoms with Crippen molar-refractivity contribution in [2.24, 2.45) is 4.99 Å². The van der Waals surface area contributed by atoms with Crippen LogP contribution in [0.5, 0.6) is 0 Å². The van der Waals surface area contributed by atoms with E-state index in [4.69, 9.17) is 0 Å². The van der Waals surface area contributed by atoms with Crippen LogP contribution < -0.4 is 0 Å². The molecule has 1 aromatic carbocycles. The van der Waals surface area contributed by atoms with E-state index in [-0.39, 0.29) is 5.82 Å². The molecule has 0 amide bonds. The summed E-state index contributed by atoms with van der Waals surface area (Å²) >= 11 is 0. The highest BCUT2D eigenvalue weighted by molar-refractivity contribution is 6.27. The summed E-state index contributed by atoms with van der Waals surface area (Å²) in [6.07, 6.45) is 0.712. The van der Waals surface area contributed by atoms with Crippen LogP contribution in [0.1, 0.15) is 12.5 Å². The molecule has 0 saturated heterocycles. The molecule has 0 unspecified atom stereocenters. The average Bonchev–Trinajstić information content (AvgIpc) is 2.40. The number of halogens is 1. The second kappa shape index (κ2) is 2.69. The fourth-order valence-corrected chi connectivity index (χ4v) is 1.41. The lowest BCUT2D eigenvalue weighted by atomic mass is 10.1. The van der Waals surface area contributed by atoms with Gasteiger partial charge in [0.2, 0.25) is 0 Å². The number of nitrogens with zero attached hydrogens (tertiary/aromatic N) is 1. The van der Waals surface area contributed by atoms with Crippen molar-refractivity contribution in [3.8, 4) is 0 Å². The summed E-state index contributed by atoms with van der Waals surface area (Å²) in [7, 11) is 0. The molecule has 0 saturated carbocycles. The van der Waals surface area contributed by atoms with Crippen LogP contribution in [0.4, 0.5) is 10.1 Å². The zero-order valence-corrected chi connectivity index (χ0v) is 7.04. The molecule has 0 spiro atoms. The summed E-state index contributed by atoms with van der Waals surface area (Å²) in [4.78, 5) is 4.13. The normalized spacial score (nSPS) is 17.4. The van der Waals surface area contributed by atoms with Crippen molar-refractivity contribution in [2.45, 2.75) is 6.92 Å². The summed E-state index contributed by atoms with van der Waals surface area (Å²) in [6, 6.07) is 4.24. The maximum Gasteiger partial charge on any atom is 0.152 e. The van der Waals surface area contributed by atoms with Gasteiger partial charge in [0.05, 0.1) is 5.69 Å². The fraction of sp³-hybridized carbons (Fsp3) is 0.100. The van der Waals surface area contributed by atoms with Crippen molar-refractivity contribution < 1.29 is 9.50 Å². The van der Waals surface area contributed by atoms with Gasteiger partial charge in [0.1, 0.15) is 5.82 Å². The van der Waals surface area contributed by atoms with Crippen molar-refractivity contribution >= 4 is 17.0 Å². The first-order chi connectivity index (χ1) is 6.22. The zero-order valence-electron chi connectivity index (χ0n) is 7.04. The summed E-state index contributed by atoms with van der Waals surface area (Å²) in [5.74, 6) is -0.344. The van der Waals surface area contributed by atoms with Gasteiger partial charge in [-0.2, -0.15) is 0 Å². The highest BCUT2D eigenvalue weighted by atomic mass is 19.1. The van der Waals surface area contributed by atoms with Crippen LogP contribution in [0.15, 0.2) is 29.5 Å². The monoisotopic (exact) mass is 176 g/mol. The average molecular weight is 176 g/mol. The number of rotatable bonds is 0. The third-order valence-electron chi connectivity index (χ3n) is 2.04. The first-order valence-electron chi connectivity index (χ1n) is 3.90. The Hall–Kier alpha value is -1.64. The summed E-state index contributed by atoms with van der Waals surface area (Å²) in [6.45, 7) is 1.74. The Bertz CT molecular complexity index is 421. The maximum atomic E-state index is 12.8. The lowest BCUT2D eigenvalue weighted by Gasteiger charge is -1.97. The number of hydrogen-bond acceptors (Lipinski definition) is 1. The van der Waals surface area contributed by atoms with Crippen LogP contribution in [0, 0.1) is 5.82 Å². The van der Waals surface area contributed by atoms with Gasteiger partial charge in [-0.05, 0) is 25.1 Å². The third kappa shape index (κ3) is 1.13. The third-order valence-corrected chi connectivity index (χ3v) is 2.04. The smallest absolute Gasteiger partial charge is 0.152 e. The van der Waals surface area contributed by atoms with E-state index < -0.39 is 0 Å². The van der Waals surface area contributed by atoms with Gasteiger partial charge in [0, 0.05) is 16.8 Å².